The van der Waals surface area contributed by atoms with Crippen LogP contribution in [0.4, 0.5) is 0 Å². The number of hydrogen-bond donors (Lipinski definition) is 0. The fraction of sp³-hybridized carbons (Fsp3) is 0.231. The molecule has 0 radical (unpaired) electrons. The van der Waals surface area contributed by atoms with E-state index in [0.29, 0.717) is 34.1 Å². The number of aldehydes is 1. The van der Waals surface area contributed by atoms with E-state index in [-0.39, 0.29) is 12.2 Å². The fourth-order valence-corrected chi connectivity index (χ4v) is 4.33. The molecule has 0 spiro atoms. The van der Waals surface area contributed by atoms with Crippen molar-refractivity contribution in [1.29, 1.82) is 0 Å². The summed E-state index contributed by atoms with van der Waals surface area (Å²) >= 11 is 0. The second-order valence-corrected chi connectivity index (χ2v) is 7.46. The van der Waals surface area contributed by atoms with Crippen LogP contribution in [0, 0.1) is 0 Å². The van der Waals surface area contributed by atoms with Crippen molar-refractivity contribution in [3.05, 3.63) is 83.4 Å². The van der Waals surface area contributed by atoms with Gasteiger partial charge in [-0.3, -0.25) is 4.79 Å². The second-order valence-electron chi connectivity index (χ2n) is 7.46. The number of rotatable bonds is 8. The predicted octanol–water partition coefficient (Wildman–Crippen LogP) is 4.56. The number of methoxy groups -OCH3 is 3. The van der Waals surface area contributed by atoms with E-state index in [4.69, 9.17) is 18.9 Å². The fourth-order valence-electron chi connectivity index (χ4n) is 4.33. The number of carbonyl (C=O) groups excluding carboxylic acids is 2. The molecule has 0 fully saturated rings. The summed E-state index contributed by atoms with van der Waals surface area (Å²) in [6.07, 6.45) is 0.912. The average Bonchev–Trinajstić information content (AvgIpc) is 3.15. The Morgan fingerprint density at radius 3 is 2.19 bits per heavy atom. The molecule has 0 amide bonds. The van der Waals surface area contributed by atoms with E-state index in [0.717, 1.165) is 11.8 Å². The number of ether oxygens (including phenoxy) is 4. The molecule has 4 rings (SSSR count). The predicted molar refractivity (Wildman–Crippen MR) is 119 cm³/mol. The highest BCUT2D eigenvalue weighted by Crippen LogP contribution is 2.53. The highest BCUT2D eigenvalue weighted by Gasteiger charge is 2.56. The van der Waals surface area contributed by atoms with Crippen LogP contribution in [-0.4, -0.2) is 33.4 Å². The van der Waals surface area contributed by atoms with Crippen LogP contribution in [0.2, 0.25) is 0 Å². The smallest absolute Gasteiger partial charge is 0.219 e. The van der Waals surface area contributed by atoms with Crippen molar-refractivity contribution in [2.24, 2.45) is 0 Å². The first-order valence-electron chi connectivity index (χ1n) is 10.2. The number of benzene rings is 3. The van der Waals surface area contributed by atoms with Gasteiger partial charge in [-0.2, -0.15) is 0 Å². The Hall–Kier alpha value is -3.80. The van der Waals surface area contributed by atoms with Gasteiger partial charge in [0.2, 0.25) is 11.4 Å². The van der Waals surface area contributed by atoms with Gasteiger partial charge in [-0.25, -0.2) is 0 Å². The first-order valence-corrected chi connectivity index (χ1v) is 10.2. The van der Waals surface area contributed by atoms with Gasteiger partial charge in [-0.1, -0.05) is 42.5 Å². The summed E-state index contributed by atoms with van der Waals surface area (Å²) in [6, 6.07) is 19.9. The molecular weight excluding hydrogens is 408 g/mol. The molecule has 164 valence electrons. The van der Waals surface area contributed by atoms with Crippen LogP contribution in [0.3, 0.4) is 0 Å². The lowest BCUT2D eigenvalue weighted by Crippen LogP contribution is -2.43. The maximum Gasteiger partial charge on any atom is 0.219 e. The molecule has 2 atom stereocenters. The van der Waals surface area contributed by atoms with Crippen molar-refractivity contribution in [2.75, 3.05) is 21.3 Å². The number of Topliss-reactive ketones (excluding diaryl/α,β-unsaturated/α-hetero) is 1. The molecule has 3 aromatic carbocycles. The highest BCUT2D eigenvalue weighted by molar-refractivity contribution is 6.11. The van der Waals surface area contributed by atoms with Crippen LogP contribution in [0.5, 0.6) is 23.0 Å². The number of carbonyl (C=O) groups is 2. The zero-order valence-electron chi connectivity index (χ0n) is 18.2. The lowest BCUT2D eigenvalue weighted by atomic mass is 9.72. The molecule has 0 aliphatic carbocycles. The van der Waals surface area contributed by atoms with Crippen molar-refractivity contribution in [2.45, 2.75) is 17.9 Å². The van der Waals surface area contributed by atoms with Gasteiger partial charge in [0.15, 0.2) is 0 Å². The number of fused-ring (bicyclic) bond motifs is 1. The van der Waals surface area contributed by atoms with Gasteiger partial charge in [-0.05, 0) is 17.7 Å². The van der Waals surface area contributed by atoms with E-state index in [9.17, 15) is 9.59 Å². The van der Waals surface area contributed by atoms with Crippen molar-refractivity contribution in [1.82, 2.24) is 0 Å². The van der Waals surface area contributed by atoms with Crippen LogP contribution in [-0.2, 0) is 10.4 Å². The third kappa shape index (κ3) is 3.38. The Labute approximate surface area is 186 Å². The Bertz CT molecular complexity index is 1120. The molecule has 1 aliphatic rings. The Balaban J connectivity index is 1.98. The Kier molecular flexibility index (Phi) is 5.86. The monoisotopic (exact) mass is 432 g/mol. The molecule has 3 aromatic rings. The summed E-state index contributed by atoms with van der Waals surface area (Å²) in [5, 5.41) is 0. The molecule has 0 bridgehead atoms. The van der Waals surface area contributed by atoms with Gasteiger partial charge in [0, 0.05) is 30.0 Å². The summed E-state index contributed by atoms with van der Waals surface area (Å²) in [5.41, 5.74) is 0.311. The van der Waals surface area contributed by atoms with Crippen LogP contribution in [0.15, 0.2) is 66.7 Å². The van der Waals surface area contributed by atoms with Gasteiger partial charge in [-0.15, -0.1) is 0 Å². The molecule has 0 aromatic heterocycles. The van der Waals surface area contributed by atoms with Gasteiger partial charge < -0.3 is 23.7 Å². The van der Waals surface area contributed by atoms with E-state index >= 15 is 0 Å². The molecule has 1 heterocycles. The van der Waals surface area contributed by atoms with Gasteiger partial charge in [0.1, 0.15) is 34.8 Å². The lowest BCUT2D eigenvalue weighted by Gasteiger charge is -2.35. The van der Waals surface area contributed by atoms with Gasteiger partial charge >= 0.3 is 0 Å². The summed E-state index contributed by atoms with van der Waals surface area (Å²) in [6.45, 7) is 0. The second kappa shape index (κ2) is 8.75. The minimum Gasteiger partial charge on any atom is -0.497 e. The minimum absolute atomic E-state index is 0.0925. The summed E-state index contributed by atoms with van der Waals surface area (Å²) in [7, 11) is 4.61. The van der Waals surface area contributed by atoms with E-state index < -0.39 is 11.5 Å². The van der Waals surface area contributed by atoms with E-state index in [2.05, 4.69) is 0 Å². The maximum absolute atomic E-state index is 14.1. The molecule has 0 unspecified atom stereocenters. The SMILES string of the molecule is COc1ccc([C@]2([C@H](CC=O)c3ccccc3)Oc3cc(OC)cc(OC)c3C2=O)cc1. The van der Waals surface area contributed by atoms with Crippen molar-refractivity contribution >= 4 is 12.1 Å². The third-order valence-corrected chi connectivity index (χ3v) is 5.87. The van der Waals surface area contributed by atoms with Crippen molar-refractivity contribution in [3.8, 4) is 23.0 Å². The van der Waals surface area contributed by atoms with Gasteiger partial charge in [0.25, 0.3) is 0 Å². The first-order chi connectivity index (χ1) is 15.6. The quantitative estimate of drug-likeness (QED) is 0.486. The normalized spacial score (nSPS) is 17.8. The summed E-state index contributed by atoms with van der Waals surface area (Å²) < 4.78 is 22.7. The Morgan fingerprint density at radius 1 is 0.906 bits per heavy atom. The van der Waals surface area contributed by atoms with Crippen molar-refractivity contribution < 1.29 is 28.5 Å². The molecule has 6 heteroatoms. The molecule has 0 saturated carbocycles. The molecular formula is C26H24O6. The largest absolute Gasteiger partial charge is 0.497 e. The van der Waals surface area contributed by atoms with E-state index in [1.54, 1.807) is 43.5 Å². The first kappa shape index (κ1) is 21.4. The highest BCUT2D eigenvalue weighted by atomic mass is 16.5. The third-order valence-electron chi connectivity index (χ3n) is 5.87. The molecule has 1 aliphatic heterocycles. The van der Waals surface area contributed by atoms with Crippen molar-refractivity contribution in [3.63, 3.8) is 0 Å². The standard InChI is InChI=1S/C26H24O6/c1-29-19-11-9-18(10-12-19)26(21(13-14-27)17-7-5-4-6-8-17)25(28)24-22(31-3)15-20(30-2)16-23(24)32-26/h4-12,14-16,21H,13H2,1-3H3/t21-,26-/m1/s1. The number of ketones is 1. The van der Waals surface area contributed by atoms with E-state index in [1.165, 1.54) is 14.2 Å². The van der Waals surface area contributed by atoms with Crippen LogP contribution < -0.4 is 18.9 Å². The summed E-state index contributed by atoms with van der Waals surface area (Å²) in [4.78, 5) is 25.9. The maximum atomic E-state index is 14.1. The topological polar surface area (TPSA) is 71.1 Å². The average molecular weight is 432 g/mol. The lowest BCUT2D eigenvalue weighted by molar-refractivity contribution is -0.109. The van der Waals surface area contributed by atoms with Crippen LogP contribution >= 0.6 is 0 Å². The number of hydrogen-bond acceptors (Lipinski definition) is 6. The molecule has 6 nitrogen and oxygen atoms in total. The van der Waals surface area contributed by atoms with Gasteiger partial charge in [0.05, 0.1) is 21.3 Å². The van der Waals surface area contributed by atoms with Crippen LogP contribution in [0.25, 0.3) is 0 Å². The minimum atomic E-state index is -1.46. The Morgan fingerprint density at radius 2 is 1.59 bits per heavy atom. The zero-order valence-corrected chi connectivity index (χ0v) is 18.2. The van der Waals surface area contributed by atoms with E-state index in [1.807, 2.05) is 30.3 Å². The molecule has 0 saturated heterocycles. The van der Waals surface area contributed by atoms with Crippen LogP contribution in [0.1, 0.15) is 33.8 Å². The zero-order chi connectivity index (χ0) is 22.7. The summed E-state index contributed by atoms with van der Waals surface area (Å²) in [5.74, 6) is 1.04. The molecule has 0 N–H and O–H groups in total. The molecule has 32 heavy (non-hydrogen) atoms.